The number of ether oxygens (including phenoxy) is 2. The Labute approximate surface area is 312 Å². The van der Waals surface area contributed by atoms with Crippen LogP contribution in [-0.2, 0) is 38.2 Å². The second-order valence-electron chi connectivity index (χ2n) is 15.8. The lowest BCUT2D eigenvalue weighted by atomic mass is 9.85. The quantitative estimate of drug-likeness (QED) is 0.145. The van der Waals surface area contributed by atoms with Crippen LogP contribution in [0.5, 0.6) is 0 Å². The molecule has 1 fully saturated rings. The van der Waals surface area contributed by atoms with Gasteiger partial charge in [0.25, 0.3) is 5.91 Å². The Hall–Kier alpha value is -4.79. The lowest BCUT2D eigenvalue weighted by Gasteiger charge is -2.35. The van der Waals surface area contributed by atoms with Gasteiger partial charge in [-0.15, -0.1) is 6.58 Å². The number of Topliss-reactive ketones (excluding diaryl/α,β-unsaturated/α-hetero) is 1. The van der Waals surface area contributed by atoms with E-state index >= 15 is 0 Å². The van der Waals surface area contributed by atoms with E-state index in [-0.39, 0.29) is 31.9 Å². The molecule has 1 aromatic rings. The van der Waals surface area contributed by atoms with Crippen molar-refractivity contribution in [3.8, 4) is 0 Å². The number of ketones is 1. The van der Waals surface area contributed by atoms with E-state index in [4.69, 9.17) is 9.47 Å². The summed E-state index contributed by atoms with van der Waals surface area (Å²) in [5.41, 5.74) is -0.870. The maximum Gasteiger partial charge on any atom is 0.407 e. The Morgan fingerprint density at radius 1 is 0.962 bits per heavy atom. The van der Waals surface area contributed by atoms with Crippen LogP contribution in [0.25, 0.3) is 0 Å². The Bertz CT molecular complexity index is 1480. The Kier molecular flexibility index (Phi) is 16.2. The molecule has 6 amide bonds. The lowest BCUT2D eigenvalue weighted by molar-refractivity contribution is -0.144. The fourth-order valence-electron chi connectivity index (χ4n) is 5.57. The number of carbonyl (C=O) groups is 7. The van der Waals surface area contributed by atoms with Gasteiger partial charge in [-0.3, -0.25) is 28.8 Å². The van der Waals surface area contributed by atoms with Crippen molar-refractivity contribution in [2.24, 2.45) is 11.3 Å². The Balaban J connectivity index is 2.24. The van der Waals surface area contributed by atoms with Gasteiger partial charge in [0.2, 0.25) is 29.4 Å². The number of nitrogens with zero attached hydrogens (tertiary/aromatic N) is 2. The molecule has 294 valence electrons. The summed E-state index contributed by atoms with van der Waals surface area (Å²) >= 11 is 0. The van der Waals surface area contributed by atoms with Crippen LogP contribution in [0.1, 0.15) is 79.8 Å². The van der Waals surface area contributed by atoms with E-state index < -0.39 is 89.2 Å². The molecule has 0 saturated carbocycles. The highest BCUT2D eigenvalue weighted by atomic mass is 16.5. The predicted octanol–water partition coefficient (Wildman–Crippen LogP) is 2.26. The largest absolute Gasteiger partial charge is 0.449 e. The van der Waals surface area contributed by atoms with Crippen LogP contribution < -0.4 is 21.3 Å². The van der Waals surface area contributed by atoms with Gasteiger partial charge in [0.15, 0.2) is 0 Å². The van der Waals surface area contributed by atoms with Gasteiger partial charge in [-0.1, -0.05) is 71.0 Å². The topological polar surface area (TPSA) is 193 Å². The smallest absolute Gasteiger partial charge is 0.407 e. The molecule has 4 N–H and O–H groups in total. The third-order valence-electron chi connectivity index (χ3n) is 8.09. The summed E-state index contributed by atoms with van der Waals surface area (Å²) in [6, 6.07) is 3.95. The number of likely N-dealkylation sites (tertiary alicyclic amines) is 1. The Morgan fingerprint density at radius 2 is 1.58 bits per heavy atom. The molecule has 5 atom stereocenters. The molecule has 2 rings (SSSR count). The fourth-order valence-corrected chi connectivity index (χ4v) is 5.57. The third-order valence-corrected chi connectivity index (χ3v) is 8.09. The molecule has 2 unspecified atom stereocenters. The molecule has 1 heterocycles. The van der Waals surface area contributed by atoms with Gasteiger partial charge in [-0.2, -0.15) is 0 Å². The number of amides is 6. The van der Waals surface area contributed by atoms with Gasteiger partial charge in [-0.25, -0.2) is 4.79 Å². The zero-order valence-corrected chi connectivity index (χ0v) is 32.7. The van der Waals surface area contributed by atoms with Crippen molar-refractivity contribution in [1.29, 1.82) is 0 Å². The summed E-state index contributed by atoms with van der Waals surface area (Å²) in [4.78, 5) is 95.4. The van der Waals surface area contributed by atoms with E-state index in [1.54, 1.807) is 65.2 Å². The van der Waals surface area contributed by atoms with E-state index in [1.165, 1.54) is 15.9 Å². The summed E-state index contributed by atoms with van der Waals surface area (Å²) in [6.07, 6.45) is -0.0257. The van der Waals surface area contributed by atoms with E-state index in [0.717, 1.165) is 0 Å². The maximum absolute atomic E-state index is 14.2. The first-order valence-electron chi connectivity index (χ1n) is 17.8. The van der Waals surface area contributed by atoms with Crippen molar-refractivity contribution in [1.82, 2.24) is 31.1 Å². The fraction of sp³-hybridized carbons (Fsp3) is 0.605. The standard InChI is InChI=1S/C38H58N6O9/c1-12-16-26(30(46)33(48)39-20-28(45)41-29(34(49)43(10)11)24-17-14-13-15-18-24)40-32(47)27-19-25(53-38(7,8)9)21-44(27)35(50)31(37(4,5)6)42-36(51)52-22-23(2)3/h12-15,17-18,23,25-27,29,31H,1,16,19-22H2,2-11H3,(H,39,48)(H,40,47)(H,41,45)(H,42,51)/t25-,26?,27?,29+,31-/m1/s1. The van der Waals surface area contributed by atoms with Crippen molar-refractivity contribution >= 4 is 41.4 Å². The molecule has 0 aromatic heterocycles. The predicted molar refractivity (Wildman–Crippen MR) is 198 cm³/mol. The van der Waals surface area contributed by atoms with Gasteiger partial charge < -0.3 is 40.5 Å². The molecule has 1 saturated heterocycles. The third kappa shape index (κ3) is 13.9. The van der Waals surface area contributed by atoms with Gasteiger partial charge in [0.1, 0.15) is 24.2 Å². The number of benzene rings is 1. The summed E-state index contributed by atoms with van der Waals surface area (Å²) in [6.45, 7) is 17.8. The van der Waals surface area contributed by atoms with Crippen LogP contribution in [0.3, 0.4) is 0 Å². The maximum atomic E-state index is 14.2. The van der Waals surface area contributed by atoms with Crippen LogP contribution in [0.4, 0.5) is 4.79 Å². The average Bonchev–Trinajstić information content (AvgIpc) is 3.48. The van der Waals surface area contributed by atoms with Crippen molar-refractivity contribution < 1.29 is 43.0 Å². The molecular formula is C38H58N6O9. The highest BCUT2D eigenvalue weighted by Crippen LogP contribution is 2.29. The van der Waals surface area contributed by atoms with Crippen LogP contribution in [0.2, 0.25) is 0 Å². The first-order valence-corrected chi connectivity index (χ1v) is 17.8. The molecule has 53 heavy (non-hydrogen) atoms. The van der Waals surface area contributed by atoms with Crippen molar-refractivity contribution in [3.05, 3.63) is 48.6 Å². The second kappa shape index (κ2) is 19.3. The minimum absolute atomic E-state index is 0.0272. The number of hydrogen-bond acceptors (Lipinski definition) is 9. The van der Waals surface area contributed by atoms with E-state index in [2.05, 4.69) is 27.8 Å². The van der Waals surface area contributed by atoms with Crippen LogP contribution in [-0.4, -0.2) is 115 Å². The summed E-state index contributed by atoms with van der Waals surface area (Å²) in [7, 11) is 3.09. The SMILES string of the molecule is C=CCC(NC(=O)C1C[C@@H](OC(C)(C)C)CN1C(=O)[C@@H](NC(=O)OCC(C)C)C(C)(C)C)C(=O)C(=O)NCC(=O)N[C@H](C(=O)N(C)C)c1ccccc1. The second-order valence-corrected chi connectivity index (χ2v) is 15.8. The number of likely N-dealkylation sites (N-methyl/N-ethyl adjacent to an activating group) is 1. The highest BCUT2D eigenvalue weighted by Gasteiger charge is 2.47. The summed E-state index contributed by atoms with van der Waals surface area (Å²) in [5, 5.41) is 10.1. The van der Waals surface area contributed by atoms with Crippen molar-refractivity contribution in [2.45, 2.75) is 104 Å². The van der Waals surface area contributed by atoms with Gasteiger partial charge in [-0.05, 0) is 44.1 Å². The van der Waals surface area contributed by atoms with Gasteiger partial charge in [0, 0.05) is 27.1 Å². The average molecular weight is 743 g/mol. The first kappa shape index (κ1) is 44.4. The number of rotatable bonds is 16. The summed E-state index contributed by atoms with van der Waals surface area (Å²) < 4.78 is 11.4. The van der Waals surface area contributed by atoms with Gasteiger partial charge >= 0.3 is 6.09 Å². The zero-order chi connectivity index (χ0) is 40.3. The van der Waals surface area contributed by atoms with Crippen molar-refractivity contribution in [2.75, 3.05) is 33.8 Å². The first-order chi connectivity index (χ1) is 24.5. The molecule has 15 heteroatoms. The van der Waals surface area contributed by atoms with Crippen LogP contribution in [0, 0.1) is 11.3 Å². The molecule has 1 aliphatic rings. The lowest BCUT2D eigenvalue weighted by Crippen LogP contribution is -2.59. The molecule has 0 radical (unpaired) electrons. The number of carbonyl (C=O) groups excluding carboxylic acids is 7. The molecule has 0 aliphatic carbocycles. The highest BCUT2D eigenvalue weighted by molar-refractivity contribution is 6.38. The zero-order valence-electron chi connectivity index (χ0n) is 32.7. The summed E-state index contributed by atoms with van der Waals surface area (Å²) in [5.74, 6) is -4.50. The van der Waals surface area contributed by atoms with E-state index in [1.807, 2.05) is 34.6 Å². The molecular weight excluding hydrogens is 684 g/mol. The van der Waals surface area contributed by atoms with E-state index in [9.17, 15) is 33.6 Å². The minimum atomic E-state index is -1.38. The number of hydrogen-bond donors (Lipinski definition) is 4. The van der Waals surface area contributed by atoms with Crippen LogP contribution in [0.15, 0.2) is 43.0 Å². The van der Waals surface area contributed by atoms with Gasteiger partial charge in [0.05, 0.1) is 24.9 Å². The monoisotopic (exact) mass is 742 g/mol. The van der Waals surface area contributed by atoms with Crippen LogP contribution >= 0.6 is 0 Å². The molecule has 15 nitrogen and oxygen atoms in total. The minimum Gasteiger partial charge on any atom is -0.449 e. The van der Waals surface area contributed by atoms with Crippen molar-refractivity contribution in [3.63, 3.8) is 0 Å². The number of nitrogens with one attached hydrogen (secondary N) is 4. The molecule has 1 aromatic carbocycles. The van der Waals surface area contributed by atoms with E-state index in [0.29, 0.717) is 5.56 Å². The molecule has 0 bridgehead atoms. The Morgan fingerprint density at radius 3 is 2.11 bits per heavy atom. The normalized spacial score (nSPS) is 17.5. The number of alkyl carbamates (subject to hydrolysis) is 1. The molecule has 1 aliphatic heterocycles. The molecule has 0 spiro atoms.